The van der Waals surface area contributed by atoms with E-state index in [4.69, 9.17) is 0 Å². The molecule has 0 amide bonds. The molecule has 0 rings (SSSR count). The van der Waals surface area contributed by atoms with Gasteiger partial charge in [-0.25, -0.2) is 0 Å². The lowest BCUT2D eigenvalue weighted by Gasteiger charge is -2.13. The predicted molar refractivity (Wildman–Crippen MR) is 43.7 cm³/mol. The Morgan fingerprint density at radius 2 is 1.83 bits per heavy atom. The fourth-order valence-corrected chi connectivity index (χ4v) is 0. The van der Waals surface area contributed by atoms with Gasteiger partial charge in [0.1, 0.15) is 0 Å². The van der Waals surface area contributed by atoms with Crippen molar-refractivity contribution in [3.05, 3.63) is 12.0 Å². The first-order valence-corrected chi connectivity index (χ1v) is 6.67. The van der Waals surface area contributed by atoms with Crippen LogP contribution in [0.25, 0.3) is 0 Å². The summed E-state index contributed by atoms with van der Waals surface area (Å²) in [6.07, 6.45) is 4.39. The van der Waals surface area contributed by atoms with Gasteiger partial charge in [-0.3, -0.25) is 0 Å². The average Bonchev–Trinajstić information content (AvgIpc) is 1.35. The Bertz CT molecular complexity index is 53.1. The molecule has 0 aromatic heterocycles. The van der Waals surface area contributed by atoms with Gasteiger partial charge in [0.15, 0.2) is 0 Å². The minimum atomic E-state index is -0.428. The Balaban J connectivity index is 3.45. The molecule has 0 radical (unpaired) electrons. The molecule has 0 bridgehead atoms. The molecule has 6 heavy (non-hydrogen) atoms. The van der Waals surface area contributed by atoms with Crippen LogP contribution in [-0.4, -0.2) is 12.5 Å². The maximum Gasteiger partial charge on any atom is -0.0217 e. The lowest BCUT2D eigenvalue weighted by Crippen LogP contribution is -1.70. The normalized spacial score (nSPS) is 13.8. The van der Waals surface area contributed by atoms with E-state index in [-0.39, 0.29) is 0 Å². The molecule has 0 spiro atoms. The minimum Gasteiger partial charge on any atom is -0.173 e. The smallest absolute Gasteiger partial charge is 0.0217 e. The van der Waals surface area contributed by atoms with E-state index in [1.54, 1.807) is 0 Å². The second-order valence-corrected chi connectivity index (χ2v) is 11.1. The second kappa shape index (κ2) is 2.21. The summed E-state index contributed by atoms with van der Waals surface area (Å²) >= 11 is 2.41. The number of halogens is 1. The topological polar surface area (TPSA) is 0 Å². The Morgan fingerprint density at radius 1 is 1.67 bits per heavy atom. The van der Waals surface area contributed by atoms with Crippen LogP contribution in [0.1, 0.15) is 0 Å². The van der Waals surface area contributed by atoms with Crippen molar-refractivity contribution in [2.24, 2.45) is 0 Å². The standard InChI is InChI=1S/C4H9IS/c1-4-6(2,3)5/h4H,1H2,2-3H3. The van der Waals surface area contributed by atoms with Gasteiger partial charge < -0.3 is 0 Å². The summed E-state index contributed by atoms with van der Waals surface area (Å²) in [5, 5.41) is 2.01. The van der Waals surface area contributed by atoms with E-state index in [1.807, 2.05) is 5.41 Å². The van der Waals surface area contributed by atoms with E-state index in [1.165, 1.54) is 0 Å². The molecule has 0 aromatic rings. The van der Waals surface area contributed by atoms with Crippen molar-refractivity contribution in [3.8, 4) is 0 Å². The fourth-order valence-electron chi connectivity index (χ4n) is 0. The zero-order valence-electron chi connectivity index (χ0n) is 4.07. The predicted octanol–water partition coefficient (Wildman–Crippen LogP) is 2.54. The molecular formula is C4H9IS. The second-order valence-electron chi connectivity index (χ2n) is 1.44. The first kappa shape index (κ1) is 6.82. The van der Waals surface area contributed by atoms with Crippen LogP contribution in [0.5, 0.6) is 0 Å². The molecule has 0 aliphatic rings. The summed E-state index contributed by atoms with van der Waals surface area (Å²) in [5.74, 6) is 0. The summed E-state index contributed by atoms with van der Waals surface area (Å²) in [6.45, 7) is 3.66. The van der Waals surface area contributed by atoms with Crippen molar-refractivity contribution >= 4 is 28.4 Å². The quantitative estimate of drug-likeness (QED) is 0.591. The van der Waals surface area contributed by atoms with Crippen LogP contribution in [0.15, 0.2) is 12.0 Å². The number of hydrogen-bond acceptors (Lipinski definition) is 0. The third kappa shape index (κ3) is 4.82. The first-order chi connectivity index (χ1) is 2.56. The molecule has 0 unspecified atom stereocenters. The molecular weight excluding hydrogens is 207 g/mol. The Kier molecular flexibility index (Phi) is 2.51. The number of rotatable bonds is 1. The molecule has 0 saturated heterocycles. The summed E-state index contributed by atoms with van der Waals surface area (Å²) in [7, 11) is -0.428. The molecule has 0 saturated carbocycles. The van der Waals surface area contributed by atoms with Crippen molar-refractivity contribution in [3.63, 3.8) is 0 Å². The zero-order chi connectivity index (χ0) is 5.21. The zero-order valence-corrected chi connectivity index (χ0v) is 7.04. The molecule has 0 atom stereocenters. The van der Waals surface area contributed by atoms with Crippen LogP contribution in [0.2, 0.25) is 0 Å². The Labute approximate surface area is 52.9 Å². The largest absolute Gasteiger partial charge is 0.173 e. The van der Waals surface area contributed by atoms with E-state index in [9.17, 15) is 0 Å². The van der Waals surface area contributed by atoms with Gasteiger partial charge in [-0.05, 0) is 39.1 Å². The van der Waals surface area contributed by atoms with Crippen molar-refractivity contribution < 1.29 is 0 Å². The first-order valence-electron chi connectivity index (χ1n) is 1.61. The van der Waals surface area contributed by atoms with Crippen molar-refractivity contribution in [1.29, 1.82) is 0 Å². The third-order valence-corrected chi connectivity index (χ3v) is 2.27. The molecule has 0 nitrogen and oxygen atoms in total. The third-order valence-electron chi connectivity index (χ3n) is 0.396. The summed E-state index contributed by atoms with van der Waals surface area (Å²) in [6, 6.07) is 0. The van der Waals surface area contributed by atoms with Gasteiger partial charge in [0.2, 0.25) is 0 Å². The average molecular weight is 216 g/mol. The lowest BCUT2D eigenvalue weighted by atomic mass is 11.3. The molecule has 38 valence electrons. The monoisotopic (exact) mass is 216 g/mol. The van der Waals surface area contributed by atoms with Crippen molar-refractivity contribution in [2.45, 2.75) is 0 Å². The van der Waals surface area contributed by atoms with Crippen LogP contribution in [0.4, 0.5) is 0 Å². The molecule has 0 aromatic carbocycles. The summed E-state index contributed by atoms with van der Waals surface area (Å²) in [4.78, 5) is 0. The molecule has 0 heterocycles. The molecule has 0 aliphatic carbocycles. The molecule has 0 fully saturated rings. The molecule has 0 N–H and O–H groups in total. The highest BCUT2D eigenvalue weighted by molar-refractivity contribution is 14.2. The molecule has 2 heteroatoms. The highest BCUT2D eigenvalue weighted by Crippen LogP contribution is 2.49. The van der Waals surface area contributed by atoms with Gasteiger partial charge in [-0.15, -0.1) is 0 Å². The highest BCUT2D eigenvalue weighted by Gasteiger charge is 1.94. The fraction of sp³-hybridized carbons (Fsp3) is 0.500. The summed E-state index contributed by atoms with van der Waals surface area (Å²) in [5.41, 5.74) is 0. The van der Waals surface area contributed by atoms with E-state index >= 15 is 0 Å². The summed E-state index contributed by atoms with van der Waals surface area (Å²) < 4.78 is 0. The van der Waals surface area contributed by atoms with Gasteiger partial charge in [0.25, 0.3) is 0 Å². The van der Waals surface area contributed by atoms with E-state index in [0.29, 0.717) is 0 Å². The maximum atomic E-state index is 3.66. The van der Waals surface area contributed by atoms with E-state index in [0.717, 1.165) is 0 Å². The van der Waals surface area contributed by atoms with Gasteiger partial charge in [-0.1, -0.05) is 6.58 Å². The lowest BCUT2D eigenvalue weighted by molar-refractivity contribution is 2.26. The number of hydrogen-bond donors (Lipinski definition) is 0. The van der Waals surface area contributed by atoms with E-state index in [2.05, 4.69) is 40.3 Å². The van der Waals surface area contributed by atoms with Gasteiger partial charge in [0.05, 0.1) is 0 Å². The Hall–Kier alpha value is 0.820. The van der Waals surface area contributed by atoms with Crippen LogP contribution >= 0.6 is 28.4 Å². The van der Waals surface area contributed by atoms with Crippen LogP contribution in [0, 0.1) is 0 Å². The van der Waals surface area contributed by atoms with Crippen LogP contribution in [-0.2, 0) is 0 Å². The minimum absolute atomic E-state index is 0.428. The van der Waals surface area contributed by atoms with Gasteiger partial charge in [0, 0.05) is 0 Å². The van der Waals surface area contributed by atoms with Gasteiger partial charge in [-0.2, -0.15) is 7.20 Å². The van der Waals surface area contributed by atoms with Crippen LogP contribution < -0.4 is 0 Å². The highest BCUT2D eigenvalue weighted by atomic mass is 127. The van der Waals surface area contributed by atoms with Gasteiger partial charge >= 0.3 is 0 Å². The Morgan fingerprint density at radius 3 is 1.83 bits per heavy atom. The van der Waals surface area contributed by atoms with Crippen molar-refractivity contribution in [1.82, 2.24) is 0 Å². The molecule has 0 aliphatic heterocycles. The SMILES string of the molecule is C=CS(C)(C)I. The van der Waals surface area contributed by atoms with Crippen LogP contribution in [0.3, 0.4) is 0 Å². The van der Waals surface area contributed by atoms with Crippen molar-refractivity contribution in [2.75, 3.05) is 12.5 Å². The van der Waals surface area contributed by atoms with E-state index < -0.39 is 7.20 Å². The maximum absolute atomic E-state index is 3.66.